The fourth-order valence-corrected chi connectivity index (χ4v) is 4.48. The lowest BCUT2D eigenvalue weighted by Gasteiger charge is -2.38. The number of nitrogens with one attached hydrogen (secondary N) is 1. The summed E-state index contributed by atoms with van der Waals surface area (Å²) in [5, 5.41) is 3.44. The molecule has 2 saturated heterocycles. The molecule has 0 aromatic heterocycles. The summed E-state index contributed by atoms with van der Waals surface area (Å²) in [6, 6.07) is 5.49. The summed E-state index contributed by atoms with van der Waals surface area (Å²) >= 11 is 0. The number of benzene rings is 1. The van der Waals surface area contributed by atoms with Gasteiger partial charge in [0.1, 0.15) is 0 Å². The van der Waals surface area contributed by atoms with E-state index in [9.17, 15) is 4.79 Å². The van der Waals surface area contributed by atoms with E-state index in [-0.39, 0.29) is 11.3 Å². The molecule has 3 rings (SSSR count). The SMILES string of the molecule is CCOc1ccc(C(=O)N2CC(COC)C3(CCNCC3)C2)cc1OCC. The Kier molecular flexibility index (Phi) is 6.60. The Morgan fingerprint density at radius 2 is 1.89 bits per heavy atom. The van der Waals surface area contributed by atoms with Gasteiger partial charge in [0.2, 0.25) is 0 Å². The first-order valence-electron chi connectivity index (χ1n) is 10.0. The number of hydrogen-bond acceptors (Lipinski definition) is 5. The van der Waals surface area contributed by atoms with Crippen LogP contribution < -0.4 is 14.8 Å². The molecule has 2 aliphatic heterocycles. The zero-order valence-corrected chi connectivity index (χ0v) is 16.8. The largest absolute Gasteiger partial charge is 0.490 e. The van der Waals surface area contributed by atoms with Crippen LogP contribution in [-0.4, -0.2) is 63.9 Å². The van der Waals surface area contributed by atoms with Crippen molar-refractivity contribution in [3.05, 3.63) is 23.8 Å². The van der Waals surface area contributed by atoms with Gasteiger partial charge in [-0.05, 0) is 63.4 Å². The molecular formula is C21H32N2O4. The van der Waals surface area contributed by atoms with Crippen LogP contribution in [0.1, 0.15) is 37.0 Å². The molecule has 0 aliphatic carbocycles. The van der Waals surface area contributed by atoms with Crippen LogP contribution in [0, 0.1) is 11.3 Å². The predicted octanol–water partition coefficient (Wildman–Crippen LogP) is 2.57. The van der Waals surface area contributed by atoms with Gasteiger partial charge in [0.15, 0.2) is 11.5 Å². The van der Waals surface area contributed by atoms with Crippen molar-refractivity contribution < 1.29 is 19.0 Å². The molecule has 1 amide bonds. The van der Waals surface area contributed by atoms with Gasteiger partial charge >= 0.3 is 0 Å². The number of amides is 1. The van der Waals surface area contributed by atoms with Gasteiger partial charge in [-0.2, -0.15) is 0 Å². The molecule has 2 fully saturated rings. The van der Waals surface area contributed by atoms with Crippen LogP contribution in [-0.2, 0) is 4.74 Å². The van der Waals surface area contributed by atoms with Gasteiger partial charge in [-0.25, -0.2) is 0 Å². The molecule has 0 bridgehead atoms. The molecule has 2 aliphatic rings. The normalized spacial score (nSPS) is 21.4. The number of hydrogen-bond donors (Lipinski definition) is 1. The molecule has 6 heteroatoms. The van der Waals surface area contributed by atoms with Crippen LogP contribution in [0.25, 0.3) is 0 Å². The molecule has 1 unspecified atom stereocenters. The Balaban J connectivity index is 1.80. The first kappa shape index (κ1) is 20.0. The maximum Gasteiger partial charge on any atom is 0.254 e. The summed E-state index contributed by atoms with van der Waals surface area (Å²) in [5.41, 5.74) is 0.828. The zero-order chi connectivity index (χ0) is 19.3. The van der Waals surface area contributed by atoms with Gasteiger partial charge in [-0.15, -0.1) is 0 Å². The molecule has 6 nitrogen and oxygen atoms in total. The van der Waals surface area contributed by atoms with E-state index < -0.39 is 0 Å². The number of carbonyl (C=O) groups excluding carboxylic acids is 1. The summed E-state index contributed by atoms with van der Waals surface area (Å²) < 4.78 is 16.8. The van der Waals surface area contributed by atoms with Crippen molar-refractivity contribution in [1.82, 2.24) is 10.2 Å². The lowest BCUT2D eigenvalue weighted by Crippen LogP contribution is -2.43. The molecule has 27 heavy (non-hydrogen) atoms. The fraction of sp³-hybridized carbons (Fsp3) is 0.667. The first-order chi connectivity index (χ1) is 13.1. The molecular weight excluding hydrogens is 344 g/mol. The molecule has 1 aromatic carbocycles. The Morgan fingerprint density at radius 3 is 2.56 bits per heavy atom. The average molecular weight is 376 g/mol. The minimum absolute atomic E-state index is 0.0653. The second-order valence-corrected chi connectivity index (χ2v) is 7.48. The van der Waals surface area contributed by atoms with Crippen LogP contribution in [0.3, 0.4) is 0 Å². The van der Waals surface area contributed by atoms with E-state index in [2.05, 4.69) is 5.32 Å². The third-order valence-corrected chi connectivity index (χ3v) is 5.86. The summed E-state index contributed by atoms with van der Waals surface area (Å²) in [6.45, 7) is 9.26. The maximum atomic E-state index is 13.2. The van der Waals surface area contributed by atoms with Gasteiger partial charge in [0.05, 0.1) is 19.8 Å². The summed E-state index contributed by atoms with van der Waals surface area (Å²) in [4.78, 5) is 15.2. The van der Waals surface area contributed by atoms with Crippen molar-refractivity contribution in [2.45, 2.75) is 26.7 Å². The van der Waals surface area contributed by atoms with Crippen molar-refractivity contribution in [3.8, 4) is 11.5 Å². The second-order valence-electron chi connectivity index (χ2n) is 7.48. The minimum Gasteiger partial charge on any atom is -0.490 e. The molecule has 150 valence electrons. The van der Waals surface area contributed by atoms with Crippen LogP contribution in [0.2, 0.25) is 0 Å². The quantitative estimate of drug-likeness (QED) is 0.793. The number of carbonyl (C=O) groups is 1. The van der Waals surface area contributed by atoms with Crippen molar-refractivity contribution in [3.63, 3.8) is 0 Å². The Labute approximate surface area is 162 Å². The second kappa shape index (κ2) is 8.93. The predicted molar refractivity (Wildman–Crippen MR) is 105 cm³/mol. The molecule has 1 atom stereocenters. The Morgan fingerprint density at radius 1 is 1.19 bits per heavy atom. The molecule has 2 heterocycles. The van der Waals surface area contributed by atoms with E-state index in [4.69, 9.17) is 14.2 Å². The fourth-order valence-electron chi connectivity index (χ4n) is 4.48. The van der Waals surface area contributed by atoms with Gasteiger partial charge in [-0.1, -0.05) is 0 Å². The van der Waals surface area contributed by atoms with Crippen LogP contribution >= 0.6 is 0 Å². The van der Waals surface area contributed by atoms with E-state index >= 15 is 0 Å². The number of ether oxygens (including phenoxy) is 3. The van der Waals surface area contributed by atoms with E-state index in [0.717, 1.165) is 39.0 Å². The van der Waals surface area contributed by atoms with Crippen molar-refractivity contribution in [2.24, 2.45) is 11.3 Å². The van der Waals surface area contributed by atoms with Gasteiger partial charge in [0, 0.05) is 31.7 Å². The summed E-state index contributed by atoms with van der Waals surface area (Å²) in [6.07, 6.45) is 2.19. The highest BCUT2D eigenvalue weighted by atomic mass is 16.5. The topological polar surface area (TPSA) is 60.0 Å². The number of nitrogens with zero attached hydrogens (tertiary/aromatic N) is 1. The smallest absolute Gasteiger partial charge is 0.254 e. The van der Waals surface area contributed by atoms with Crippen molar-refractivity contribution >= 4 is 5.91 Å². The third-order valence-electron chi connectivity index (χ3n) is 5.86. The Bertz CT molecular complexity index is 643. The molecule has 1 spiro atoms. The Hall–Kier alpha value is -1.79. The molecule has 1 aromatic rings. The summed E-state index contributed by atoms with van der Waals surface area (Å²) in [5.74, 6) is 1.77. The van der Waals surface area contributed by atoms with E-state index in [1.54, 1.807) is 7.11 Å². The van der Waals surface area contributed by atoms with Gasteiger partial charge in [0.25, 0.3) is 5.91 Å². The van der Waals surface area contributed by atoms with E-state index in [1.165, 1.54) is 0 Å². The van der Waals surface area contributed by atoms with Crippen molar-refractivity contribution in [1.29, 1.82) is 0 Å². The zero-order valence-electron chi connectivity index (χ0n) is 16.8. The monoisotopic (exact) mass is 376 g/mol. The average Bonchev–Trinajstić information content (AvgIpc) is 3.01. The lowest BCUT2D eigenvalue weighted by molar-refractivity contribution is 0.0701. The van der Waals surface area contributed by atoms with E-state index in [0.29, 0.717) is 42.8 Å². The number of piperidine rings is 1. The first-order valence-corrected chi connectivity index (χ1v) is 10.0. The third kappa shape index (κ3) is 4.22. The van der Waals surface area contributed by atoms with Gasteiger partial charge in [-0.3, -0.25) is 4.79 Å². The lowest BCUT2D eigenvalue weighted by atomic mass is 9.71. The standard InChI is InChI=1S/C21H32N2O4/c1-4-26-18-7-6-16(12-19(18)27-5-2)20(24)23-13-17(14-25-3)21(15-23)8-10-22-11-9-21/h6-7,12,17,22H,4-5,8-11,13-15H2,1-3H3. The highest BCUT2D eigenvalue weighted by Crippen LogP contribution is 2.44. The van der Waals surface area contributed by atoms with E-state index in [1.807, 2.05) is 36.9 Å². The maximum absolute atomic E-state index is 13.2. The highest BCUT2D eigenvalue weighted by Gasteiger charge is 2.48. The van der Waals surface area contributed by atoms with Crippen molar-refractivity contribution in [2.75, 3.05) is 53.1 Å². The number of likely N-dealkylation sites (tertiary alicyclic amines) is 1. The number of rotatable bonds is 7. The summed E-state index contributed by atoms with van der Waals surface area (Å²) in [7, 11) is 1.75. The minimum atomic E-state index is 0.0653. The highest BCUT2D eigenvalue weighted by molar-refractivity contribution is 5.95. The van der Waals surface area contributed by atoms with Crippen LogP contribution in [0.15, 0.2) is 18.2 Å². The van der Waals surface area contributed by atoms with Gasteiger partial charge < -0.3 is 24.4 Å². The van der Waals surface area contributed by atoms with Crippen LogP contribution in [0.5, 0.6) is 11.5 Å². The molecule has 0 radical (unpaired) electrons. The molecule has 0 saturated carbocycles. The molecule has 1 N–H and O–H groups in total. The number of methoxy groups -OCH3 is 1. The van der Waals surface area contributed by atoms with Crippen LogP contribution in [0.4, 0.5) is 0 Å².